The zero-order valence-electron chi connectivity index (χ0n) is 11.8. The molecule has 3 nitrogen and oxygen atoms in total. The fourth-order valence-electron chi connectivity index (χ4n) is 2.69. The van der Waals surface area contributed by atoms with Crippen LogP contribution in [0.25, 0.3) is 0 Å². The largest absolute Gasteiger partial charge is 0.371 e. The molecular weight excluding hydrogens is 222 g/mol. The van der Waals surface area contributed by atoms with Gasteiger partial charge in [-0.15, -0.1) is 0 Å². The van der Waals surface area contributed by atoms with Crippen molar-refractivity contribution in [2.24, 2.45) is 0 Å². The van der Waals surface area contributed by atoms with Crippen LogP contribution in [0.4, 0.5) is 11.4 Å². The molecule has 18 heavy (non-hydrogen) atoms. The van der Waals surface area contributed by atoms with Crippen molar-refractivity contribution in [2.45, 2.75) is 26.3 Å². The van der Waals surface area contributed by atoms with Gasteiger partial charge in [0, 0.05) is 32.7 Å². The first-order chi connectivity index (χ1) is 8.77. The summed E-state index contributed by atoms with van der Waals surface area (Å²) in [6.45, 7) is 8.81. The Bertz CT molecular complexity index is 378. The molecule has 1 atom stereocenters. The molecule has 1 heterocycles. The Morgan fingerprint density at radius 2 is 1.89 bits per heavy atom. The van der Waals surface area contributed by atoms with E-state index in [-0.39, 0.29) is 0 Å². The predicted molar refractivity (Wildman–Crippen MR) is 79.7 cm³/mol. The molecular formula is C15H25N3. The highest BCUT2D eigenvalue weighted by atomic mass is 15.3. The van der Waals surface area contributed by atoms with Crippen LogP contribution in [0.5, 0.6) is 0 Å². The van der Waals surface area contributed by atoms with E-state index in [2.05, 4.69) is 60.3 Å². The van der Waals surface area contributed by atoms with Crippen LogP contribution in [0.1, 0.15) is 20.3 Å². The van der Waals surface area contributed by atoms with E-state index in [9.17, 15) is 0 Å². The summed E-state index contributed by atoms with van der Waals surface area (Å²) >= 11 is 0. The first-order valence-electron chi connectivity index (χ1n) is 7.05. The van der Waals surface area contributed by atoms with Gasteiger partial charge in [0.1, 0.15) is 0 Å². The minimum absolute atomic E-state index is 0.597. The lowest BCUT2D eigenvalue weighted by Gasteiger charge is -2.41. The molecule has 2 rings (SSSR count). The van der Waals surface area contributed by atoms with Crippen LogP contribution >= 0.6 is 0 Å². The van der Waals surface area contributed by atoms with E-state index in [1.165, 1.54) is 17.8 Å². The minimum atomic E-state index is 0.597. The van der Waals surface area contributed by atoms with Gasteiger partial charge in [-0.3, -0.25) is 0 Å². The van der Waals surface area contributed by atoms with Crippen molar-refractivity contribution in [2.75, 3.05) is 43.0 Å². The first-order valence-corrected chi connectivity index (χ1v) is 7.05. The average Bonchev–Trinajstić information content (AvgIpc) is 2.42. The lowest BCUT2D eigenvalue weighted by Crippen LogP contribution is -2.48. The fourth-order valence-corrected chi connectivity index (χ4v) is 2.69. The van der Waals surface area contributed by atoms with Crippen molar-refractivity contribution in [1.29, 1.82) is 0 Å². The summed E-state index contributed by atoms with van der Waals surface area (Å²) in [6, 6.07) is 9.34. The van der Waals surface area contributed by atoms with Gasteiger partial charge in [0.15, 0.2) is 0 Å². The third-order valence-corrected chi connectivity index (χ3v) is 3.82. The average molecular weight is 247 g/mol. The first kappa shape index (κ1) is 13.2. The van der Waals surface area contributed by atoms with Gasteiger partial charge in [0.25, 0.3) is 0 Å². The second kappa shape index (κ2) is 6.10. The molecule has 100 valence electrons. The second-order valence-electron chi connectivity index (χ2n) is 4.97. The van der Waals surface area contributed by atoms with Gasteiger partial charge >= 0.3 is 0 Å². The van der Waals surface area contributed by atoms with Crippen LogP contribution in [-0.2, 0) is 0 Å². The van der Waals surface area contributed by atoms with Crippen LogP contribution in [0.3, 0.4) is 0 Å². The van der Waals surface area contributed by atoms with Crippen molar-refractivity contribution in [3.8, 4) is 0 Å². The number of fused-ring (bicyclic) bond motifs is 1. The maximum Gasteiger partial charge on any atom is 0.0607 e. The topological polar surface area (TPSA) is 18.5 Å². The lowest BCUT2D eigenvalue weighted by molar-refractivity contribution is 0.521. The van der Waals surface area contributed by atoms with Crippen molar-refractivity contribution < 1.29 is 0 Å². The zero-order chi connectivity index (χ0) is 13.0. The molecule has 1 aliphatic rings. The van der Waals surface area contributed by atoms with E-state index < -0.39 is 0 Å². The number of nitrogens with zero attached hydrogens (tertiary/aromatic N) is 2. The van der Waals surface area contributed by atoms with Gasteiger partial charge in [0.05, 0.1) is 11.4 Å². The molecule has 1 N–H and O–H groups in total. The van der Waals surface area contributed by atoms with Gasteiger partial charge in [-0.25, -0.2) is 0 Å². The molecule has 0 fully saturated rings. The molecule has 0 aromatic heterocycles. The van der Waals surface area contributed by atoms with Gasteiger partial charge in [-0.05, 0) is 25.1 Å². The number of rotatable bonds is 5. The van der Waals surface area contributed by atoms with Crippen LogP contribution in [-0.4, -0.2) is 39.3 Å². The monoisotopic (exact) mass is 247 g/mol. The van der Waals surface area contributed by atoms with Gasteiger partial charge in [0.2, 0.25) is 0 Å². The quantitative estimate of drug-likeness (QED) is 0.861. The van der Waals surface area contributed by atoms with Crippen LogP contribution in [0, 0.1) is 0 Å². The molecule has 1 aliphatic heterocycles. The number of hydrogen-bond donors (Lipinski definition) is 1. The smallest absolute Gasteiger partial charge is 0.0607 e. The standard InChI is InChI=1S/C15H25N3/c1-4-13(12-16-5-2)18-11-10-17(3)14-8-6-7-9-15(14)18/h6-9,13,16H,4-5,10-12H2,1-3H3. The zero-order valence-corrected chi connectivity index (χ0v) is 11.8. The Morgan fingerprint density at radius 3 is 2.56 bits per heavy atom. The Balaban J connectivity index is 2.21. The van der Waals surface area contributed by atoms with E-state index in [4.69, 9.17) is 0 Å². The summed E-state index contributed by atoms with van der Waals surface area (Å²) in [5, 5.41) is 3.48. The molecule has 0 bridgehead atoms. The SMILES string of the molecule is CCNCC(CC)N1CCN(C)c2ccccc21. The summed E-state index contributed by atoms with van der Waals surface area (Å²) in [5.74, 6) is 0. The maximum absolute atomic E-state index is 3.48. The molecule has 0 aliphatic carbocycles. The van der Waals surface area contributed by atoms with Crippen LogP contribution < -0.4 is 15.1 Å². The number of para-hydroxylation sites is 2. The molecule has 0 spiro atoms. The van der Waals surface area contributed by atoms with E-state index >= 15 is 0 Å². The number of benzene rings is 1. The van der Waals surface area contributed by atoms with E-state index in [1.807, 2.05) is 0 Å². The third-order valence-electron chi connectivity index (χ3n) is 3.82. The number of anilines is 2. The normalized spacial score (nSPS) is 16.6. The molecule has 0 radical (unpaired) electrons. The predicted octanol–water partition coefficient (Wildman–Crippen LogP) is 2.33. The molecule has 0 saturated heterocycles. The Morgan fingerprint density at radius 1 is 1.17 bits per heavy atom. The highest BCUT2D eigenvalue weighted by molar-refractivity contribution is 5.73. The number of nitrogens with one attached hydrogen (secondary N) is 1. The van der Waals surface area contributed by atoms with Crippen molar-refractivity contribution in [3.05, 3.63) is 24.3 Å². The highest BCUT2D eigenvalue weighted by Crippen LogP contribution is 2.33. The number of hydrogen-bond acceptors (Lipinski definition) is 3. The van der Waals surface area contributed by atoms with E-state index in [1.54, 1.807) is 0 Å². The van der Waals surface area contributed by atoms with Crippen molar-refractivity contribution in [3.63, 3.8) is 0 Å². The van der Waals surface area contributed by atoms with Crippen LogP contribution in [0.2, 0.25) is 0 Å². The summed E-state index contributed by atoms with van der Waals surface area (Å²) in [6.07, 6.45) is 1.19. The Kier molecular flexibility index (Phi) is 4.48. The Labute approximate surface area is 111 Å². The molecule has 0 saturated carbocycles. The maximum atomic E-state index is 3.48. The summed E-state index contributed by atoms with van der Waals surface area (Å²) in [4.78, 5) is 4.92. The summed E-state index contributed by atoms with van der Waals surface area (Å²) in [7, 11) is 2.18. The third kappa shape index (κ3) is 2.61. The van der Waals surface area contributed by atoms with Gasteiger partial charge < -0.3 is 15.1 Å². The highest BCUT2D eigenvalue weighted by Gasteiger charge is 2.24. The van der Waals surface area contributed by atoms with Gasteiger partial charge in [-0.1, -0.05) is 26.0 Å². The van der Waals surface area contributed by atoms with Crippen molar-refractivity contribution >= 4 is 11.4 Å². The summed E-state index contributed by atoms with van der Waals surface area (Å²) < 4.78 is 0. The summed E-state index contributed by atoms with van der Waals surface area (Å²) in [5.41, 5.74) is 2.75. The van der Waals surface area contributed by atoms with E-state index in [0.29, 0.717) is 6.04 Å². The molecule has 1 unspecified atom stereocenters. The number of likely N-dealkylation sites (N-methyl/N-ethyl adjacent to an activating group) is 2. The fraction of sp³-hybridized carbons (Fsp3) is 0.600. The Hall–Kier alpha value is -1.22. The molecule has 1 aromatic rings. The second-order valence-corrected chi connectivity index (χ2v) is 4.97. The van der Waals surface area contributed by atoms with Crippen molar-refractivity contribution in [1.82, 2.24) is 5.32 Å². The van der Waals surface area contributed by atoms with Crippen LogP contribution in [0.15, 0.2) is 24.3 Å². The van der Waals surface area contributed by atoms with Gasteiger partial charge in [-0.2, -0.15) is 0 Å². The molecule has 3 heteroatoms. The molecule has 1 aromatic carbocycles. The lowest BCUT2D eigenvalue weighted by atomic mass is 10.1. The minimum Gasteiger partial charge on any atom is -0.371 e. The van der Waals surface area contributed by atoms with E-state index in [0.717, 1.165) is 26.2 Å². The molecule has 0 amide bonds.